The second-order valence-electron chi connectivity index (χ2n) is 11.9. The van der Waals surface area contributed by atoms with Crippen LogP contribution in [-0.4, -0.2) is 61.5 Å². The Morgan fingerprint density at radius 1 is 1.03 bits per heavy atom. The van der Waals surface area contributed by atoms with Crippen molar-refractivity contribution in [3.05, 3.63) is 47.0 Å². The fraction of sp³-hybridized carbons (Fsp3) is 0.633. The summed E-state index contributed by atoms with van der Waals surface area (Å²) in [5.74, 6) is -0.811. The van der Waals surface area contributed by atoms with E-state index >= 15 is 0 Å². The summed E-state index contributed by atoms with van der Waals surface area (Å²) < 4.78 is 5.12. The maximum absolute atomic E-state index is 13.9. The van der Waals surface area contributed by atoms with E-state index in [4.69, 9.17) is 4.74 Å². The van der Waals surface area contributed by atoms with E-state index in [1.165, 1.54) is 0 Å². The molecule has 7 nitrogen and oxygen atoms in total. The number of carbonyl (C=O) groups is 3. The quantitative estimate of drug-likeness (QED) is 0.337. The second kappa shape index (κ2) is 13.2. The molecule has 0 heterocycles. The highest BCUT2D eigenvalue weighted by Gasteiger charge is 2.41. The van der Waals surface area contributed by atoms with Crippen LogP contribution in [0.25, 0.3) is 0 Å². The van der Waals surface area contributed by atoms with E-state index in [2.05, 4.69) is 10.6 Å². The normalized spacial score (nSPS) is 15.1. The van der Waals surface area contributed by atoms with Gasteiger partial charge in [0.15, 0.2) is 0 Å². The van der Waals surface area contributed by atoms with Crippen molar-refractivity contribution in [1.82, 2.24) is 15.5 Å². The number of benzene rings is 1. The molecule has 7 heteroatoms. The lowest BCUT2D eigenvalue weighted by Crippen LogP contribution is -2.61. The molecule has 2 N–H and O–H groups in total. The maximum Gasteiger partial charge on any atom is 0.333 e. The lowest BCUT2D eigenvalue weighted by molar-refractivity contribution is -0.141. The van der Waals surface area contributed by atoms with Crippen molar-refractivity contribution in [3.63, 3.8) is 0 Å². The Labute approximate surface area is 224 Å². The molecule has 1 aromatic carbocycles. The van der Waals surface area contributed by atoms with Crippen molar-refractivity contribution in [2.45, 2.75) is 92.8 Å². The molecule has 0 bridgehead atoms. The van der Waals surface area contributed by atoms with Crippen molar-refractivity contribution < 1.29 is 19.1 Å². The summed E-state index contributed by atoms with van der Waals surface area (Å²) in [4.78, 5) is 41.4. The van der Waals surface area contributed by atoms with Crippen LogP contribution in [0.1, 0.15) is 73.4 Å². The Morgan fingerprint density at radius 3 is 2.00 bits per heavy atom. The summed E-state index contributed by atoms with van der Waals surface area (Å²) >= 11 is 0. The van der Waals surface area contributed by atoms with Crippen LogP contribution in [0.3, 0.4) is 0 Å². The van der Waals surface area contributed by atoms with E-state index in [-0.39, 0.29) is 30.4 Å². The molecule has 0 saturated heterocycles. The molecule has 0 aliphatic heterocycles. The van der Waals surface area contributed by atoms with E-state index in [0.717, 1.165) is 11.1 Å². The van der Waals surface area contributed by atoms with Gasteiger partial charge in [0.05, 0.1) is 18.7 Å². The zero-order valence-corrected chi connectivity index (χ0v) is 25.0. The Kier molecular flexibility index (Phi) is 11.6. The molecule has 37 heavy (non-hydrogen) atoms. The molecule has 2 amide bonds. The maximum atomic E-state index is 13.9. The van der Waals surface area contributed by atoms with E-state index in [9.17, 15) is 14.4 Å². The van der Waals surface area contributed by atoms with Gasteiger partial charge in [-0.25, -0.2) is 4.79 Å². The minimum Gasteiger partial charge on any atom is -0.463 e. The fourth-order valence-corrected chi connectivity index (χ4v) is 4.51. The van der Waals surface area contributed by atoms with Gasteiger partial charge in [-0.05, 0) is 44.7 Å². The van der Waals surface area contributed by atoms with Crippen LogP contribution in [-0.2, 0) is 24.5 Å². The summed E-state index contributed by atoms with van der Waals surface area (Å²) in [5, 5.41) is 6.23. The molecule has 0 radical (unpaired) electrons. The number of nitrogens with zero attached hydrogens (tertiary/aromatic N) is 1. The van der Waals surface area contributed by atoms with E-state index < -0.39 is 28.9 Å². The van der Waals surface area contributed by atoms with Crippen LogP contribution >= 0.6 is 0 Å². The second-order valence-corrected chi connectivity index (χ2v) is 11.9. The molecule has 0 aliphatic rings. The average molecular weight is 516 g/mol. The highest BCUT2D eigenvalue weighted by Crippen LogP contribution is 2.29. The molecule has 0 spiro atoms. The van der Waals surface area contributed by atoms with Crippen LogP contribution in [0.2, 0.25) is 0 Å². The van der Waals surface area contributed by atoms with Gasteiger partial charge in [0.25, 0.3) is 0 Å². The first-order valence-electron chi connectivity index (χ1n) is 13.2. The van der Waals surface area contributed by atoms with Crippen molar-refractivity contribution in [2.75, 3.05) is 20.7 Å². The Hall–Kier alpha value is -2.67. The van der Waals surface area contributed by atoms with Gasteiger partial charge in [0.2, 0.25) is 11.8 Å². The first-order chi connectivity index (χ1) is 17.0. The number of esters is 1. The van der Waals surface area contributed by atoms with Crippen LogP contribution in [0.4, 0.5) is 0 Å². The molecule has 1 rings (SSSR count). The Bertz CT molecular complexity index is 958. The van der Waals surface area contributed by atoms with E-state index in [0.29, 0.717) is 5.57 Å². The first kappa shape index (κ1) is 32.4. The average Bonchev–Trinajstić information content (AvgIpc) is 2.79. The van der Waals surface area contributed by atoms with Gasteiger partial charge >= 0.3 is 5.97 Å². The topological polar surface area (TPSA) is 87.7 Å². The summed E-state index contributed by atoms with van der Waals surface area (Å²) in [6, 6.07) is 6.48. The number of aryl methyl sites for hydroxylation is 1. The summed E-state index contributed by atoms with van der Waals surface area (Å²) in [6.45, 7) is 19.6. The number of amides is 2. The third-order valence-corrected chi connectivity index (χ3v) is 6.96. The molecular formula is C30H49N3O4. The Morgan fingerprint density at radius 2 is 1.57 bits per heavy atom. The van der Waals surface area contributed by atoms with Crippen molar-refractivity contribution in [1.29, 1.82) is 0 Å². The molecule has 1 aromatic rings. The minimum atomic E-state index is -0.771. The molecule has 208 valence electrons. The van der Waals surface area contributed by atoms with E-state index in [1.807, 2.05) is 79.7 Å². The number of ether oxygens (including phenoxy) is 1. The van der Waals surface area contributed by atoms with Gasteiger partial charge in [-0.15, -0.1) is 0 Å². The number of carbonyl (C=O) groups excluding carboxylic acids is 3. The fourth-order valence-electron chi connectivity index (χ4n) is 4.51. The summed E-state index contributed by atoms with van der Waals surface area (Å²) in [6.07, 6.45) is 1.78. The standard InChI is InChI=1S/C30H49N3O4/c1-13-37-28(36)21(5)18-23(19(2)3)33(12)27(35)25(29(6,7)8)32-26(34)24(31-11)30(9,10)22-16-14-20(4)15-17-22/h14-19,23-25,31H,13H2,1-12H3,(H,32,34)/b21-18+/t23-,24-,25?/m1/s1. The smallest absolute Gasteiger partial charge is 0.333 e. The van der Waals surface area contributed by atoms with Gasteiger partial charge in [0, 0.05) is 18.0 Å². The Balaban J connectivity index is 3.30. The van der Waals surface area contributed by atoms with Gasteiger partial charge in [-0.1, -0.05) is 84.4 Å². The van der Waals surface area contributed by atoms with Crippen LogP contribution in [0, 0.1) is 18.3 Å². The van der Waals surface area contributed by atoms with Gasteiger partial charge in [0.1, 0.15) is 6.04 Å². The molecule has 0 aromatic heterocycles. The lowest BCUT2D eigenvalue weighted by atomic mass is 9.76. The van der Waals surface area contributed by atoms with E-state index in [1.54, 1.807) is 38.9 Å². The number of hydrogen-bond donors (Lipinski definition) is 2. The highest BCUT2D eigenvalue weighted by molar-refractivity contribution is 5.92. The number of nitrogens with one attached hydrogen (secondary N) is 2. The highest BCUT2D eigenvalue weighted by atomic mass is 16.5. The van der Waals surface area contributed by atoms with Gasteiger partial charge < -0.3 is 20.3 Å². The zero-order valence-electron chi connectivity index (χ0n) is 25.0. The van der Waals surface area contributed by atoms with Gasteiger partial charge in [-0.2, -0.15) is 0 Å². The number of likely N-dealkylation sites (N-methyl/N-ethyl adjacent to an activating group) is 2. The third kappa shape index (κ3) is 8.42. The van der Waals surface area contributed by atoms with Gasteiger partial charge in [-0.3, -0.25) is 9.59 Å². The predicted octanol–water partition coefficient (Wildman–Crippen LogP) is 4.38. The van der Waals surface area contributed by atoms with Crippen molar-refractivity contribution in [2.24, 2.45) is 11.3 Å². The molecule has 0 fully saturated rings. The predicted molar refractivity (Wildman–Crippen MR) is 150 cm³/mol. The van der Waals surface area contributed by atoms with Crippen molar-refractivity contribution in [3.8, 4) is 0 Å². The van der Waals surface area contributed by atoms with Crippen LogP contribution < -0.4 is 10.6 Å². The number of hydrogen-bond acceptors (Lipinski definition) is 5. The summed E-state index contributed by atoms with van der Waals surface area (Å²) in [5.41, 5.74) is 1.56. The van der Waals surface area contributed by atoms with Crippen molar-refractivity contribution >= 4 is 17.8 Å². The molecule has 0 aliphatic carbocycles. The molecular weight excluding hydrogens is 466 g/mol. The minimum absolute atomic E-state index is 0.0418. The summed E-state index contributed by atoms with van der Waals surface area (Å²) in [7, 11) is 3.48. The molecule has 0 saturated carbocycles. The largest absolute Gasteiger partial charge is 0.463 e. The molecule has 1 unspecified atom stereocenters. The SMILES string of the molecule is CCOC(=O)/C(C)=C/[C@H](C(C)C)N(C)C(=O)C(NC(=O)[C@@H](NC)C(C)(C)c1ccc(C)cc1)C(C)(C)C. The molecule has 3 atom stereocenters. The first-order valence-corrected chi connectivity index (χ1v) is 13.2. The monoisotopic (exact) mass is 515 g/mol. The zero-order chi connectivity index (χ0) is 28.7. The lowest BCUT2D eigenvalue weighted by Gasteiger charge is -2.40. The third-order valence-electron chi connectivity index (χ3n) is 6.96. The van der Waals surface area contributed by atoms with Crippen LogP contribution in [0.5, 0.6) is 0 Å². The van der Waals surface area contributed by atoms with Crippen LogP contribution in [0.15, 0.2) is 35.9 Å². The number of rotatable bonds is 11.